The number of carbonyl (C=O) groups excluding carboxylic acids is 1. The fourth-order valence-corrected chi connectivity index (χ4v) is 13.9. The zero-order valence-corrected chi connectivity index (χ0v) is 37.4. The molecular weight excluding hydrogens is 828 g/mol. The van der Waals surface area contributed by atoms with Gasteiger partial charge in [-0.05, 0) is 98.7 Å². The Labute approximate surface area is 369 Å². The van der Waals surface area contributed by atoms with Crippen molar-refractivity contribution in [1.29, 1.82) is 0 Å². The second-order valence-corrected chi connectivity index (χ2v) is 21.4. The number of rotatable bonds is 11. The Kier molecular flexibility index (Phi) is 14.0. The summed E-state index contributed by atoms with van der Waals surface area (Å²) in [7, 11) is 0. The van der Waals surface area contributed by atoms with Crippen LogP contribution in [-0.4, -0.2) is 180 Å². The van der Waals surface area contributed by atoms with Crippen LogP contribution in [0.5, 0.6) is 0 Å². The molecule has 0 aromatic heterocycles. The van der Waals surface area contributed by atoms with E-state index in [9.17, 15) is 55.9 Å². The van der Waals surface area contributed by atoms with E-state index < -0.39 is 111 Å². The van der Waals surface area contributed by atoms with Crippen molar-refractivity contribution in [2.75, 3.05) is 13.2 Å². The van der Waals surface area contributed by atoms with Gasteiger partial charge in [0.1, 0.15) is 66.8 Å². The first kappa shape index (κ1) is 48.4. The van der Waals surface area contributed by atoms with Gasteiger partial charge in [-0.15, -0.1) is 0 Å². The smallest absolute Gasteiger partial charge is 0.187 e. The average Bonchev–Trinajstić information content (AvgIpc) is 3.68. The molecule has 4 heterocycles. The molecule has 27 atom stereocenters. The minimum atomic E-state index is -1.65. The second-order valence-electron chi connectivity index (χ2n) is 21.4. The molecule has 0 spiro atoms. The Bertz CT molecular complexity index is 1610. The van der Waals surface area contributed by atoms with Crippen LogP contribution in [0.25, 0.3) is 0 Å². The van der Waals surface area contributed by atoms with Crippen molar-refractivity contribution < 1.29 is 89.0 Å². The molecule has 4 saturated carbocycles. The first-order valence-corrected chi connectivity index (χ1v) is 23.5. The van der Waals surface area contributed by atoms with Crippen LogP contribution in [-0.2, 0) is 38.0 Å². The molecule has 4 aliphatic heterocycles. The van der Waals surface area contributed by atoms with E-state index in [0.29, 0.717) is 38.0 Å². The van der Waals surface area contributed by atoms with E-state index in [1.165, 1.54) is 6.92 Å². The molecule has 0 aromatic rings. The molecule has 10 N–H and O–H groups in total. The molecule has 0 bridgehead atoms. The number of hydrogen-bond donors (Lipinski definition) is 10. The van der Waals surface area contributed by atoms with Crippen molar-refractivity contribution in [3.05, 3.63) is 0 Å². The Morgan fingerprint density at radius 2 is 1.38 bits per heavy atom. The van der Waals surface area contributed by atoms with Crippen LogP contribution in [0.15, 0.2) is 0 Å². The van der Waals surface area contributed by atoms with Crippen LogP contribution in [0.1, 0.15) is 99.3 Å². The zero-order valence-electron chi connectivity index (χ0n) is 37.4. The van der Waals surface area contributed by atoms with Crippen LogP contribution < -0.4 is 0 Å². The number of carbonyl (C=O) groups is 1. The van der Waals surface area contributed by atoms with Crippen molar-refractivity contribution >= 4 is 5.78 Å². The maximum Gasteiger partial charge on any atom is 0.187 e. The summed E-state index contributed by atoms with van der Waals surface area (Å²) in [5.74, 6) is -0.816. The van der Waals surface area contributed by atoms with E-state index in [1.807, 2.05) is 6.92 Å². The number of aliphatic hydroxyl groups is 10. The molecule has 8 rings (SSSR count). The third-order valence-corrected chi connectivity index (χ3v) is 17.7. The van der Waals surface area contributed by atoms with Crippen molar-refractivity contribution in [3.63, 3.8) is 0 Å². The normalized spacial score (nSPS) is 56.3. The van der Waals surface area contributed by atoms with Crippen molar-refractivity contribution in [3.8, 4) is 0 Å². The van der Waals surface area contributed by atoms with Gasteiger partial charge in [-0.25, -0.2) is 0 Å². The molecular formula is C45H74O18. The summed E-state index contributed by atoms with van der Waals surface area (Å²) in [4.78, 5) is 13.2. The lowest BCUT2D eigenvalue weighted by Gasteiger charge is -2.62. The largest absolute Gasteiger partial charge is 0.394 e. The van der Waals surface area contributed by atoms with E-state index in [0.717, 1.165) is 25.7 Å². The SMILES string of the molecule is C[C@@H](CC[C@@]1(O)O[C@H]2C[C@@H]3[C@@H]4C[C@H](O[C@@H]5O[C@H](C)[C@@H](O)[C@H](O[C@@H]6O[C@@H](C)[C@H](O)[C@@H](O)[C@H]6O)[C@H]5O)[C@H]5CC(=O)CC[C@]5(C)[C@H]4CC[C@]3(C)[C@H]2[C@@H]1C)CO[C@@H]1O[C@H](CO)[C@@H](O)[C@H](O)[C@H]1O. The van der Waals surface area contributed by atoms with Crippen LogP contribution in [0.4, 0.5) is 0 Å². The minimum Gasteiger partial charge on any atom is -0.394 e. The number of hydrogen-bond acceptors (Lipinski definition) is 18. The highest BCUT2D eigenvalue weighted by atomic mass is 16.7. The molecule has 0 unspecified atom stereocenters. The Hall–Kier alpha value is -1.01. The Morgan fingerprint density at radius 3 is 2.08 bits per heavy atom. The summed E-state index contributed by atoms with van der Waals surface area (Å²) in [6.45, 7) is 11.4. The van der Waals surface area contributed by atoms with E-state index >= 15 is 0 Å². The summed E-state index contributed by atoms with van der Waals surface area (Å²) in [6.07, 6.45) is -15.0. The minimum absolute atomic E-state index is 0.0791. The molecule has 4 saturated heterocycles. The van der Waals surface area contributed by atoms with E-state index in [2.05, 4.69) is 20.8 Å². The maximum absolute atomic E-state index is 13.2. The van der Waals surface area contributed by atoms with Crippen LogP contribution in [0.3, 0.4) is 0 Å². The molecule has 18 nitrogen and oxygen atoms in total. The number of ketones is 1. The quantitative estimate of drug-likeness (QED) is 0.117. The lowest BCUT2D eigenvalue weighted by atomic mass is 9.43. The van der Waals surface area contributed by atoms with Crippen molar-refractivity contribution in [1.82, 2.24) is 0 Å². The average molecular weight is 903 g/mol. The highest BCUT2D eigenvalue weighted by Gasteiger charge is 2.69. The summed E-state index contributed by atoms with van der Waals surface area (Å²) in [5.41, 5.74) is -0.407. The highest BCUT2D eigenvalue weighted by molar-refractivity contribution is 5.79. The number of Topliss-reactive ketones (excluding diaryl/α,β-unsaturated/α-hetero) is 1. The summed E-state index contributed by atoms with van der Waals surface area (Å²) >= 11 is 0. The topological polar surface area (TPSA) is 284 Å². The number of aliphatic hydroxyl groups excluding tert-OH is 9. The Morgan fingerprint density at radius 1 is 0.730 bits per heavy atom. The van der Waals surface area contributed by atoms with Gasteiger partial charge in [0.2, 0.25) is 0 Å². The third-order valence-electron chi connectivity index (χ3n) is 17.7. The van der Waals surface area contributed by atoms with Gasteiger partial charge in [0.05, 0.1) is 37.6 Å². The molecule has 8 aliphatic rings. The molecule has 8 fully saturated rings. The maximum atomic E-state index is 13.2. The zero-order chi connectivity index (χ0) is 45.7. The van der Waals surface area contributed by atoms with Gasteiger partial charge in [-0.3, -0.25) is 4.79 Å². The fraction of sp³-hybridized carbons (Fsp3) is 0.978. The monoisotopic (exact) mass is 902 g/mol. The standard InChI is InChI=1S/C45H74O18/c1-18(17-57-40-36(53)35(52)33(50)29(16-46)61-40)7-12-45(56)19(2)30-28(63-45)15-25-23-14-27(26-13-22(47)8-10-43(26,5)24(23)9-11-44(25,30)6)60-42-38(55)39(32(49)21(4)59-42)62-41-37(54)34(51)31(48)20(3)58-41/h18-21,23-42,46,48-56H,7-17H2,1-6H3/t18-,19-,20-,21+,23+,24-,25+,26+,27-,28-,29+,30-,31-,32+,33+,34+,35-,36+,37+,38+,39-,40+,41-,42-,43+,44-,45+/m0/s1. The van der Waals surface area contributed by atoms with Crippen molar-refractivity contribution in [2.24, 2.45) is 52.3 Å². The van der Waals surface area contributed by atoms with Crippen LogP contribution >= 0.6 is 0 Å². The van der Waals surface area contributed by atoms with Gasteiger partial charge >= 0.3 is 0 Å². The van der Waals surface area contributed by atoms with E-state index in [4.69, 9.17) is 33.2 Å². The summed E-state index contributed by atoms with van der Waals surface area (Å²) in [6, 6.07) is 0. The lowest BCUT2D eigenvalue weighted by molar-refractivity contribution is -0.362. The third kappa shape index (κ3) is 8.40. The van der Waals surface area contributed by atoms with Gasteiger partial charge in [-0.1, -0.05) is 27.7 Å². The van der Waals surface area contributed by atoms with Gasteiger partial charge in [-0.2, -0.15) is 0 Å². The first-order valence-electron chi connectivity index (χ1n) is 23.5. The molecule has 18 heteroatoms. The van der Waals surface area contributed by atoms with Gasteiger partial charge in [0.25, 0.3) is 0 Å². The molecule has 362 valence electrons. The second kappa shape index (κ2) is 18.1. The number of ether oxygens (including phenoxy) is 7. The van der Waals surface area contributed by atoms with E-state index in [1.54, 1.807) is 6.92 Å². The van der Waals surface area contributed by atoms with Gasteiger partial charge < -0.3 is 84.2 Å². The molecule has 4 aliphatic carbocycles. The Balaban J connectivity index is 0.946. The predicted molar refractivity (Wildman–Crippen MR) is 217 cm³/mol. The molecule has 0 aromatic carbocycles. The highest BCUT2D eigenvalue weighted by Crippen LogP contribution is 2.71. The summed E-state index contributed by atoms with van der Waals surface area (Å²) < 4.78 is 42.6. The summed E-state index contributed by atoms with van der Waals surface area (Å²) in [5, 5.41) is 107. The van der Waals surface area contributed by atoms with Crippen LogP contribution in [0.2, 0.25) is 0 Å². The molecule has 63 heavy (non-hydrogen) atoms. The van der Waals surface area contributed by atoms with Crippen LogP contribution in [0, 0.1) is 52.3 Å². The van der Waals surface area contributed by atoms with Gasteiger partial charge in [0, 0.05) is 25.2 Å². The molecule has 0 radical (unpaired) electrons. The molecule has 0 amide bonds. The lowest BCUT2D eigenvalue weighted by Crippen LogP contribution is -2.64. The fourth-order valence-electron chi connectivity index (χ4n) is 13.9. The number of fused-ring (bicyclic) bond motifs is 7. The van der Waals surface area contributed by atoms with Crippen molar-refractivity contribution in [2.45, 2.75) is 209 Å². The van der Waals surface area contributed by atoms with Gasteiger partial charge in [0.15, 0.2) is 24.7 Å². The first-order chi connectivity index (χ1) is 29.6. The predicted octanol–water partition coefficient (Wildman–Crippen LogP) is -0.545. The van der Waals surface area contributed by atoms with E-state index in [-0.39, 0.29) is 64.8 Å².